The highest BCUT2D eigenvalue weighted by atomic mass is 16.5. The molecule has 1 N–H and O–H groups in total. The molecule has 0 amide bonds. The summed E-state index contributed by atoms with van der Waals surface area (Å²) in [5.41, 5.74) is 0.644. The molecule has 3 aromatic rings. The van der Waals surface area contributed by atoms with Gasteiger partial charge >= 0.3 is 0 Å². The number of H-pyrrole nitrogens is 1. The first-order valence-electron chi connectivity index (χ1n) is 8.85. The molecule has 1 aromatic carbocycles. The molecule has 0 unspecified atom stereocenters. The van der Waals surface area contributed by atoms with Crippen LogP contribution in [-0.2, 0) is 0 Å². The van der Waals surface area contributed by atoms with Crippen LogP contribution in [0.15, 0.2) is 33.6 Å². The minimum Gasteiger partial charge on any atom is -0.342 e. The summed E-state index contributed by atoms with van der Waals surface area (Å²) < 4.78 is 5.38. The lowest BCUT2D eigenvalue weighted by atomic mass is 9.96. The third kappa shape index (κ3) is 2.69. The Kier molecular flexibility index (Phi) is 3.33. The summed E-state index contributed by atoms with van der Waals surface area (Å²) in [7, 11) is 0. The lowest BCUT2D eigenvalue weighted by molar-refractivity contribution is 0.364. The number of nitrogens with one attached hydrogen (secondary N) is 1. The Labute approximate surface area is 144 Å². The van der Waals surface area contributed by atoms with Crippen molar-refractivity contribution in [3.63, 3.8) is 0 Å². The van der Waals surface area contributed by atoms with Crippen molar-refractivity contribution in [1.82, 2.24) is 20.1 Å². The molecule has 2 fully saturated rings. The highest BCUT2D eigenvalue weighted by Gasteiger charge is 2.32. The van der Waals surface area contributed by atoms with E-state index in [1.54, 1.807) is 6.07 Å². The highest BCUT2D eigenvalue weighted by Crippen LogP contribution is 2.39. The molecule has 2 aliphatic rings. The molecule has 1 saturated heterocycles. The van der Waals surface area contributed by atoms with E-state index in [1.165, 1.54) is 12.8 Å². The summed E-state index contributed by atoms with van der Waals surface area (Å²) in [5.74, 6) is 3.10. The van der Waals surface area contributed by atoms with Crippen molar-refractivity contribution in [2.24, 2.45) is 0 Å². The van der Waals surface area contributed by atoms with Crippen molar-refractivity contribution in [3.8, 4) is 0 Å². The van der Waals surface area contributed by atoms with Gasteiger partial charge in [-0.15, -0.1) is 0 Å². The predicted molar refractivity (Wildman–Crippen MR) is 92.8 cm³/mol. The Hall–Kier alpha value is -2.70. The fourth-order valence-corrected chi connectivity index (χ4v) is 3.48. The largest absolute Gasteiger partial charge is 0.342 e. The quantitative estimate of drug-likeness (QED) is 0.790. The maximum atomic E-state index is 12.2. The lowest BCUT2D eigenvalue weighted by Crippen LogP contribution is -2.35. The average molecular weight is 337 g/mol. The van der Waals surface area contributed by atoms with E-state index in [2.05, 4.69) is 25.0 Å². The number of nitrogens with zero attached hydrogens (tertiary/aromatic N) is 4. The van der Waals surface area contributed by atoms with Crippen LogP contribution in [0, 0.1) is 0 Å². The Morgan fingerprint density at radius 3 is 2.64 bits per heavy atom. The fraction of sp³-hybridized carbons (Fsp3) is 0.444. The standard InChI is InChI=1S/C18H19N5O2/c24-16-13-3-1-2-4-14(13)19-18(21-16)23-9-7-11(8-10-23)15-20-17(25-22-15)12-5-6-12/h1-4,11-12H,5-10H2,(H,19,21,24). The van der Waals surface area contributed by atoms with E-state index in [0.717, 1.165) is 43.2 Å². The minimum atomic E-state index is -0.0880. The maximum absolute atomic E-state index is 12.2. The molecule has 1 saturated carbocycles. The zero-order valence-corrected chi connectivity index (χ0v) is 13.8. The smallest absolute Gasteiger partial charge is 0.260 e. The second-order valence-corrected chi connectivity index (χ2v) is 6.93. The van der Waals surface area contributed by atoms with Gasteiger partial charge in [-0.1, -0.05) is 17.3 Å². The van der Waals surface area contributed by atoms with Gasteiger partial charge in [-0.25, -0.2) is 4.98 Å². The van der Waals surface area contributed by atoms with Crippen molar-refractivity contribution < 1.29 is 4.52 Å². The highest BCUT2D eigenvalue weighted by molar-refractivity contribution is 5.78. The van der Waals surface area contributed by atoms with Crippen molar-refractivity contribution in [3.05, 3.63) is 46.3 Å². The van der Waals surface area contributed by atoms with Crippen molar-refractivity contribution >= 4 is 16.9 Å². The number of anilines is 1. The number of aromatic nitrogens is 4. The van der Waals surface area contributed by atoms with Crippen LogP contribution in [0.25, 0.3) is 10.9 Å². The molecule has 1 aliphatic carbocycles. The van der Waals surface area contributed by atoms with Crippen LogP contribution in [0.4, 0.5) is 5.95 Å². The van der Waals surface area contributed by atoms with Gasteiger partial charge in [0.15, 0.2) is 5.82 Å². The first-order valence-corrected chi connectivity index (χ1v) is 8.85. The van der Waals surface area contributed by atoms with E-state index in [4.69, 9.17) is 4.52 Å². The average Bonchev–Trinajstić information content (AvgIpc) is 3.39. The van der Waals surface area contributed by atoms with Gasteiger partial charge in [-0.2, -0.15) is 4.98 Å². The molecule has 5 rings (SSSR count). The third-order valence-electron chi connectivity index (χ3n) is 5.14. The molecule has 25 heavy (non-hydrogen) atoms. The molecular weight excluding hydrogens is 318 g/mol. The number of rotatable bonds is 3. The van der Waals surface area contributed by atoms with Crippen molar-refractivity contribution in [2.45, 2.75) is 37.5 Å². The molecule has 0 bridgehead atoms. The number of aromatic amines is 1. The van der Waals surface area contributed by atoms with Crippen LogP contribution in [0.1, 0.15) is 49.2 Å². The zero-order chi connectivity index (χ0) is 16.8. The monoisotopic (exact) mass is 337 g/mol. The second-order valence-electron chi connectivity index (χ2n) is 6.93. The molecular formula is C18H19N5O2. The van der Waals surface area contributed by atoms with E-state index in [9.17, 15) is 4.79 Å². The molecule has 2 aromatic heterocycles. The Bertz CT molecular complexity index is 967. The minimum absolute atomic E-state index is 0.0880. The molecule has 3 heterocycles. The van der Waals surface area contributed by atoms with E-state index in [1.807, 2.05) is 18.2 Å². The molecule has 7 heteroatoms. The molecule has 7 nitrogen and oxygen atoms in total. The number of fused-ring (bicyclic) bond motifs is 1. The van der Waals surface area contributed by atoms with E-state index in [-0.39, 0.29) is 5.56 Å². The topological polar surface area (TPSA) is 87.9 Å². The Morgan fingerprint density at radius 2 is 1.84 bits per heavy atom. The van der Waals surface area contributed by atoms with Gasteiger partial charge in [0.2, 0.25) is 11.8 Å². The van der Waals surface area contributed by atoms with Crippen LogP contribution in [0.2, 0.25) is 0 Å². The van der Waals surface area contributed by atoms with Crippen LogP contribution in [-0.4, -0.2) is 33.2 Å². The number of piperidine rings is 1. The molecule has 0 spiro atoms. The predicted octanol–water partition coefficient (Wildman–Crippen LogP) is 2.57. The molecule has 0 radical (unpaired) electrons. The van der Waals surface area contributed by atoms with Crippen LogP contribution in [0.5, 0.6) is 0 Å². The number of benzene rings is 1. The first kappa shape index (κ1) is 14.6. The lowest BCUT2D eigenvalue weighted by Gasteiger charge is -2.30. The van der Waals surface area contributed by atoms with Gasteiger partial charge in [0.1, 0.15) is 0 Å². The van der Waals surface area contributed by atoms with Gasteiger partial charge in [0.25, 0.3) is 5.56 Å². The molecule has 128 valence electrons. The van der Waals surface area contributed by atoms with Crippen LogP contribution >= 0.6 is 0 Å². The Morgan fingerprint density at radius 1 is 1.04 bits per heavy atom. The van der Waals surface area contributed by atoms with Gasteiger partial charge in [-0.3, -0.25) is 9.78 Å². The van der Waals surface area contributed by atoms with Crippen LogP contribution < -0.4 is 10.5 Å². The second kappa shape index (κ2) is 5.68. The van der Waals surface area contributed by atoms with Crippen LogP contribution in [0.3, 0.4) is 0 Å². The normalized spacial score (nSPS) is 18.8. The SMILES string of the molecule is O=c1[nH]c(N2CCC(c3noc(C4CC4)n3)CC2)nc2ccccc12. The van der Waals surface area contributed by atoms with Gasteiger partial charge < -0.3 is 9.42 Å². The van der Waals surface area contributed by atoms with Gasteiger partial charge in [-0.05, 0) is 37.8 Å². The van der Waals surface area contributed by atoms with Gasteiger partial charge in [0.05, 0.1) is 10.9 Å². The Balaban J connectivity index is 1.33. The first-order chi connectivity index (χ1) is 12.3. The number of para-hydroxylation sites is 1. The summed E-state index contributed by atoms with van der Waals surface area (Å²) in [6.07, 6.45) is 4.20. The maximum Gasteiger partial charge on any atom is 0.260 e. The van der Waals surface area contributed by atoms with Crippen molar-refractivity contribution in [1.29, 1.82) is 0 Å². The van der Waals surface area contributed by atoms with E-state index < -0.39 is 0 Å². The van der Waals surface area contributed by atoms with Gasteiger partial charge in [0, 0.05) is 24.9 Å². The van der Waals surface area contributed by atoms with Crippen molar-refractivity contribution in [2.75, 3.05) is 18.0 Å². The molecule has 1 aliphatic heterocycles. The summed E-state index contributed by atoms with van der Waals surface area (Å²) in [4.78, 5) is 26.5. The molecule has 0 atom stereocenters. The summed E-state index contributed by atoms with van der Waals surface area (Å²) in [6, 6.07) is 7.42. The number of hydrogen-bond acceptors (Lipinski definition) is 6. The summed E-state index contributed by atoms with van der Waals surface area (Å²) >= 11 is 0. The number of hydrogen-bond donors (Lipinski definition) is 1. The summed E-state index contributed by atoms with van der Waals surface area (Å²) in [5, 5.41) is 4.80. The third-order valence-corrected chi connectivity index (χ3v) is 5.14. The fourth-order valence-electron chi connectivity index (χ4n) is 3.48. The summed E-state index contributed by atoms with van der Waals surface area (Å²) in [6.45, 7) is 1.64. The zero-order valence-electron chi connectivity index (χ0n) is 13.8. The van der Waals surface area contributed by atoms with E-state index >= 15 is 0 Å². The van der Waals surface area contributed by atoms with E-state index in [0.29, 0.717) is 23.2 Å².